The Morgan fingerprint density at radius 1 is 1.14 bits per heavy atom. The molecule has 7 nitrogen and oxygen atoms in total. The molecule has 0 spiro atoms. The van der Waals surface area contributed by atoms with E-state index in [4.69, 9.17) is 4.74 Å². The average Bonchev–Trinajstić information content (AvgIpc) is 3.18. The number of alkyl halides is 2. The Kier molecular flexibility index (Phi) is 4.71. The van der Waals surface area contributed by atoms with Gasteiger partial charge in [0.05, 0.1) is 5.56 Å². The molecule has 0 saturated heterocycles. The van der Waals surface area contributed by atoms with Crippen molar-refractivity contribution < 1.29 is 18.3 Å². The number of imidazole rings is 1. The molecule has 0 aliphatic carbocycles. The molecule has 0 unspecified atom stereocenters. The lowest BCUT2D eigenvalue weighted by atomic mass is 10.1. The quantitative estimate of drug-likeness (QED) is 0.552. The third-order valence-electron chi connectivity index (χ3n) is 3.99. The molecule has 1 N–H and O–H groups in total. The number of ether oxygens (including phenoxy) is 2. The van der Waals surface area contributed by atoms with Crippen LogP contribution in [0.25, 0.3) is 17.0 Å². The first-order valence-electron chi connectivity index (χ1n) is 8.29. The normalized spacial score (nSPS) is 11.1. The molecular weight excluding hydrogens is 370 g/mol. The summed E-state index contributed by atoms with van der Waals surface area (Å²) in [4.78, 5) is 15.9. The highest BCUT2D eigenvalue weighted by Gasteiger charge is 2.16. The number of aromatic nitrogens is 4. The lowest BCUT2D eigenvalue weighted by Crippen LogP contribution is -2.14. The Morgan fingerprint density at radius 2 is 1.96 bits per heavy atom. The van der Waals surface area contributed by atoms with E-state index in [1.165, 1.54) is 28.8 Å². The molecule has 0 aliphatic rings. The highest BCUT2D eigenvalue weighted by atomic mass is 19.3. The minimum Gasteiger partial charge on any atom is -0.488 e. The van der Waals surface area contributed by atoms with E-state index < -0.39 is 12.2 Å². The first-order valence-corrected chi connectivity index (χ1v) is 8.29. The number of hydrogen-bond donors (Lipinski definition) is 1. The van der Waals surface area contributed by atoms with E-state index in [1.807, 2.05) is 30.3 Å². The van der Waals surface area contributed by atoms with Gasteiger partial charge in [-0.3, -0.25) is 9.20 Å². The van der Waals surface area contributed by atoms with E-state index in [0.717, 1.165) is 5.56 Å². The van der Waals surface area contributed by atoms with Crippen molar-refractivity contribution in [3.05, 3.63) is 76.8 Å². The van der Waals surface area contributed by atoms with Gasteiger partial charge in [0.15, 0.2) is 5.82 Å². The molecule has 4 aromatic rings. The molecule has 142 valence electrons. The van der Waals surface area contributed by atoms with Crippen LogP contribution in [-0.4, -0.2) is 26.2 Å². The minimum absolute atomic E-state index is 0.0480. The van der Waals surface area contributed by atoms with Gasteiger partial charge in [-0.1, -0.05) is 30.3 Å². The van der Waals surface area contributed by atoms with Gasteiger partial charge in [-0.25, -0.2) is 10.1 Å². The van der Waals surface area contributed by atoms with Crippen molar-refractivity contribution in [3.63, 3.8) is 0 Å². The van der Waals surface area contributed by atoms with Crippen molar-refractivity contribution in [2.75, 3.05) is 0 Å². The first-order chi connectivity index (χ1) is 13.6. The Hall–Kier alpha value is -3.75. The van der Waals surface area contributed by atoms with Crippen LogP contribution in [0, 0.1) is 0 Å². The monoisotopic (exact) mass is 384 g/mol. The Labute approximate surface area is 157 Å². The van der Waals surface area contributed by atoms with Gasteiger partial charge >= 0.3 is 12.2 Å². The van der Waals surface area contributed by atoms with E-state index in [1.54, 1.807) is 6.20 Å². The Balaban J connectivity index is 1.77. The number of rotatable bonds is 6. The number of aromatic amines is 1. The van der Waals surface area contributed by atoms with Crippen LogP contribution in [0.2, 0.25) is 0 Å². The standard InChI is InChI=1S/C19H14F2N4O3/c20-19(21)28-13-6-7-14(15(10-13)27-11-12-4-2-1-3-5-12)16-23-24-18(26)17-22-8-9-25(16)17/h1-10,19H,11H2,(H,24,26). The van der Waals surface area contributed by atoms with Crippen LogP contribution in [0.1, 0.15) is 5.56 Å². The molecule has 0 aliphatic heterocycles. The molecule has 2 aromatic heterocycles. The van der Waals surface area contributed by atoms with Crippen LogP contribution < -0.4 is 15.0 Å². The summed E-state index contributed by atoms with van der Waals surface area (Å²) in [6.07, 6.45) is 3.05. The van der Waals surface area contributed by atoms with Gasteiger partial charge in [0, 0.05) is 18.5 Å². The van der Waals surface area contributed by atoms with Crippen molar-refractivity contribution >= 4 is 5.65 Å². The van der Waals surface area contributed by atoms with Crippen LogP contribution in [0.15, 0.2) is 65.7 Å². The molecule has 0 amide bonds. The largest absolute Gasteiger partial charge is 0.488 e. The van der Waals surface area contributed by atoms with Crippen molar-refractivity contribution in [3.8, 4) is 22.9 Å². The zero-order valence-electron chi connectivity index (χ0n) is 14.4. The fourth-order valence-electron chi connectivity index (χ4n) is 2.76. The summed E-state index contributed by atoms with van der Waals surface area (Å²) in [5.74, 6) is 0.573. The predicted molar refractivity (Wildman–Crippen MR) is 96.4 cm³/mol. The summed E-state index contributed by atoms with van der Waals surface area (Å²) >= 11 is 0. The number of fused-ring (bicyclic) bond motifs is 1. The van der Waals surface area contributed by atoms with Gasteiger partial charge in [-0.15, -0.1) is 0 Å². The highest BCUT2D eigenvalue weighted by molar-refractivity contribution is 5.67. The number of nitrogens with zero attached hydrogens (tertiary/aromatic N) is 3. The van der Waals surface area contributed by atoms with Crippen molar-refractivity contribution in [2.24, 2.45) is 0 Å². The fraction of sp³-hybridized carbons (Fsp3) is 0.105. The summed E-state index contributed by atoms with van der Waals surface area (Å²) in [6.45, 7) is -2.75. The lowest BCUT2D eigenvalue weighted by Gasteiger charge is -2.14. The molecule has 2 heterocycles. The van der Waals surface area contributed by atoms with E-state index in [-0.39, 0.29) is 23.8 Å². The summed E-state index contributed by atoms with van der Waals surface area (Å²) in [5.41, 5.74) is 1.10. The van der Waals surface area contributed by atoms with Gasteiger partial charge in [-0.05, 0) is 17.7 Å². The Morgan fingerprint density at radius 3 is 2.75 bits per heavy atom. The van der Waals surface area contributed by atoms with E-state index in [2.05, 4.69) is 19.9 Å². The second-order valence-electron chi connectivity index (χ2n) is 5.81. The molecule has 2 aromatic carbocycles. The maximum atomic E-state index is 12.6. The number of H-pyrrole nitrogens is 1. The topological polar surface area (TPSA) is 81.5 Å². The Bertz CT molecular complexity index is 1160. The molecule has 0 bridgehead atoms. The molecule has 4 rings (SSSR count). The van der Waals surface area contributed by atoms with Gasteiger partial charge in [-0.2, -0.15) is 13.9 Å². The molecule has 0 radical (unpaired) electrons. The van der Waals surface area contributed by atoms with Crippen LogP contribution in [0.3, 0.4) is 0 Å². The number of nitrogens with one attached hydrogen (secondary N) is 1. The number of hydrogen-bond acceptors (Lipinski definition) is 5. The third kappa shape index (κ3) is 3.54. The molecule has 0 atom stereocenters. The van der Waals surface area contributed by atoms with Crippen LogP contribution >= 0.6 is 0 Å². The van der Waals surface area contributed by atoms with Gasteiger partial charge in [0.25, 0.3) is 0 Å². The summed E-state index contributed by atoms with van der Waals surface area (Å²) in [7, 11) is 0. The highest BCUT2D eigenvalue weighted by Crippen LogP contribution is 2.33. The molecule has 28 heavy (non-hydrogen) atoms. The van der Waals surface area contributed by atoms with Gasteiger partial charge in [0.2, 0.25) is 5.65 Å². The van der Waals surface area contributed by atoms with Crippen LogP contribution in [0.5, 0.6) is 11.5 Å². The first kappa shape index (κ1) is 17.7. The molecule has 9 heteroatoms. The lowest BCUT2D eigenvalue weighted by molar-refractivity contribution is -0.0499. The molecule has 0 saturated carbocycles. The van der Waals surface area contributed by atoms with E-state index >= 15 is 0 Å². The predicted octanol–water partition coefficient (Wildman–Crippen LogP) is 3.27. The second kappa shape index (κ2) is 7.47. The third-order valence-corrected chi connectivity index (χ3v) is 3.99. The number of benzene rings is 2. The average molecular weight is 384 g/mol. The minimum atomic E-state index is -2.96. The second-order valence-corrected chi connectivity index (χ2v) is 5.81. The van der Waals surface area contributed by atoms with E-state index in [0.29, 0.717) is 11.4 Å². The maximum Gasteiger partial charge on any atom is 0.387 e. The fourth-order valence-corrected chi connectivity index (χ4v) is 2.76. The summed E-state index contributed by atoms with van der Waals surface area (Å²) in [6, 6.07) is 13.7. The zero-order valence-corrected chi connectivity index (χ0v) is 14.4. The summed E-state index contributed by atoms with van der Waals surface area (Å²) in [5, 5.41) is 6.45. The number of halogens is 2. The SMILES string of the molecule is O=c1[nH]nc(-c2ccc(OC(F)F)cc2OCc2ccccc2)n2ccnc12. The van der Waals surface area contributed by atoms with Crippen molar-refractivity contribution in [2.45, 2.75) is 13.2 Å². The molecule has 0 fully saturated rings. The van der Waals surface area contributed by atoms with Crippen molar-refractivity contribution in [1.82, 2.24) is 19.6 Å². The molecular formula is C19H14F2N4O3. The zero-order chi connectivity index (χ0) is 19.5. The van der Waals surface area contributed by atoms with E-state index in [9.17, 15) is 13.6 Å². The van der Waals surface area contributed by atoms with Crippen molar-refractivity contribution in [1.29, 1.82) is 0 Å². The van der Waals surface area contributed by atoms with Gasteiger partial charge in [0.1, 0.15) is 18.1 Å². The maximum absolute atomic E-state index is 12.6. The van der Waals surface area contributed by atoms with Crippen LogP contribution in [-0.2, 0) is 6.61 Å². The smallest absolute Gasteiger partial charge is 0.387 e. The summed E-state index contributed by atoms with van der Waals surface area (Å²) < 4.78 is 37.1. The van der Waals surface area contributed by atoms with Gasteiger partial charge < -0.3 is 9.47 Å². The van der Waals surface area contributed by atoms with Crippen LogP contribution in [0.4, 0.5) is 8.78 Å².